The van der Waals surface area contributed by atoms with Crippen molar-refractivity contribution in [3.05, 3.63) is 57.6 Å². The summed E-state index contributed by atoms with van der Waals surface area (Å²) in [5, 5.41) is 11.2. The number of nitrogens with zero attached hydrogens (tertiary/aromatic N) is 1. The molecule has 26 heavy (non-hydrogen) atoms. The molecule has 0 unspecified atom stereocenters. The number of nitro benzene ring substituents is 1. The predicted molar refractivity (Wildman–Crippen MR) is 99.3 cm³/mol. The second kappa shape index (κ2) is 7.61. The standard InChI is InChI=1S/C17H19ClN2O5S/c1-4-17(2,3)19-26(23,24)13-10-8-12(9-11-13)25-16-14(18)6-5-7-15(16)20(21)22/h5-11,19H,4H2,1-3H3. The number of benzene rings is 2. The highest BCUT2D eigenvalue weighted by atomic mass is 35.5. The van der Waals surface area contributed by atoms with Crippen molar-refractivity contribution in [1.82, 2.24) is 4.72 Å². The maximum absolute atomic E-state index is 12.4. The molecule has 0 bridgehead atoms. The predicted octanol–water partition coefficient (Wildman–Crippen LogP) is 4.51. The Kier molecular flexibility index (Phi) is 5.90. The second-order valence-electron chi connectivity index (χ2n) is 6.26. The highest BCUT2D eigenvalue weighted by Gasteiger charge is 2.25. The summed E-state index contributed by atoms with van der Waals surface area (Å²) in [6, 6.07) is 9.76. The molecule has 2 aromatic rings. The number of nitro groups is 1. The molecule has 1 N–H and O–H groups in total. The molecule has 0 atom stereocenters. The van der Waals surface area contributed by atoms with Gasteiger partial charge in [0, 0.05) is 11.6 Å². The van der Waals surface area contributed by atoms with Gasteiger partial charge in [-0.05, 0) is 50.6 Å². The molecule has 0 radical (unpaired) electrons. The van der Waals surface area contributed by atoms with E-state index < -0.39 is 20.5 Å². The third-order valence-corrected chi connectivity index (χ3v) is 5.80. The lowest BCUT2D eigenvalue weighted by atomic mass is 10.0. The molecule has 0 amide bonds. The quantitative estimate of drug-likeness (QED) is 0.546. The zero-order valence-corrected chi connectivity index (χ0v) is 16.1. The van der Waals surface area contributed by atoms with Gasteiger partial charge in [-0.15, -0.1) is 0 Å². The summed E-state index contributed by atoms with van der Waals surface area (Å²) in [5.74, 6) is 0.134. The van der Waals surface area contributed by atoms with Gasteiger partial charge in [-0.3, -0.25) is 10.1 Å². The van der Waals surface area contributed by atoms with Gasteiger partial charge in [0.1, 0.15) is 5.75 Å². The summed E-state index contributed by atoms with van der Waals surface area (Å²) < 4.78 is 32.9. The average molecular weight is 399 g/mol. The minimum absolute atomic E-state index is 0.0695. The largest absolute Gasteiger partial charge is 0.449 e. The van der Waals surface area contributed by atoms with Crippen LogP contribution >= 0.6 is 11.6 Å². The third kappa shape index (κ3) is 4.72. The van der Waals surface area contributed by atoms with Gasteiger partial charge in [0.25, 0.3) is 0 Å². The van der Waals surface area contributed by atoms with Crippen molar-refractivity contribution >= 4 is 27.3 Å². The topological polar surface area (TPSA) is 98.5 Å². The molecule has 0 aliphatic carbocycles. The number of rotatable bonds is 7. The van der Waals surface area contributed by atoms with E-state index in [2.05, 4.69) is 4.72 Å². The Morgan fingerprint density at radius 3 is 2.35 bits per heavy atom. The van der Waals surface area contributed by atoms with E-state index in [4.69, 9.17) is 16.3 Å². The number of halogens is 1. The second-order valence-corrected chi connectivity index (χ2v) is 8.35. The van der Waals surface area contributed by atoms with E-state index in [1.807, 2.05) is 6.92 Å². The summed E-state index contributed by atoms with van der Waals surface area (Å²) >= 11 is 5.98. The van der Waals surface area contributed by atoms with Crippen LogP contribution < -0.4 is 9.46 Å². The molecule has 0 saturated carbocycles. The van der Waals surface area contributed by atoms with Crippen molar-refractivity contribution < 1.29 is 18.1 Å². The van der Waals surface area contributed by atoms with Crippen molar-refractivity contribution in [2.45, 2.75) is 37.6 Å². The van der Waals surface area contributed by atoms with Crippen LogP contribution in [0.1, 0.15) is 27.2 Å². The molecule has 0 aromatic heterocycles. The molecule has 0 aliphatic heterocycles. The fraction of sp³-hybridized carbons (Fsp3) is 0.294. The normalized spacial score (nSPS) is 12.0. The number of nitrogens with one attached hydrogen (secondary N) is 1. The van der Waals surface area contributed by atoms with Gasteiger partial charge in [0.15, 0.2) is 0 Å². The van der Waals surface area contributed by atoms with E-state index in [1.54, 1.807) is 13.8 Å². The van der Waals surface area contributed by atoms with E-state index in [1.165, 1.54) is 42.5 Å². The summed E-state index contributed by atoms with van der Waals surface area (Å²) in [5.41, 5.74) is -0.854. The highest BCUT2D eigenvalue weighted by Crippen LogP contribution is 2.37. The van der Waals surface area contributed by atoms with Gasteiger partial charge < -0.3 is 4.74 Å². The highest BCUT2D eigenvalue weighted by molar-refractivity contribution is 7.89. The Balaban J connectivity index is 2.28. The SMILES string of the molecule is CCC(C)(C)NS(=O)(=O)c1ccc(Oc2c(Cl)cccc2[N+](=O)[O-])cc1. The molecule has 0 fully saturated rings. The first-order valence-corrected chi connectivity index (χ1v) is 9.66. The maximum atomic E-state index is 12.4. The van der Waals surface area contributed by atoms with Gasteiger partial charge in [0.2, 0.25) is 15.8 Å². The van der Waals surface area contributed by atoms with Gasteiger partial charge in [-0.25, -0.2) is 13.1 Å². The fourth-order valence-electron chi connectivity index (χ4n) is 2.04. The number of ether oxygens (including phenoxy) is 1. The van der Waals surface area contributed by atoms with E-state index in [0.717, 1.165) is 0 Å². The molecule has 140 valence electrons. The zero-order valence-electron chi connectivity index (χ0n) is 14.5. The molecule has 9 heteroatoms. The van der Waals surface area contributed by atoms with E-state index in [9.17, 15) is 18.5 Å². The Labute approximate surface area is 157 Å². The molecular formula is C17H19ClN2O5S. The molecule has 2 rings (SSSR count). The molecule has 0 aliphatic rings. The van der Waals surface area contributed by atoms with Crippen LogP contribution in [0.2, 0.25) is 5.02 Å². The number of hydrogen-bond donors (Lipinski definition) is 1. The molecule has 0 heterocycles. The Hall–Kier alpha value is -2.16. The Morgan fingerprint density at radius 1 is 1.19 bits per heavy atom. The van der Waals surface area contributed by atoms with Crippen molar-refractivity contribution in [2.24, 2.45) is 0 Å². The summed E-state index contributed by atoms with van der Waals surface area (Å²) in [6.07, 6.45) is 0.629. The van der Waals surface area contributed by atoms with E-state index in [0.29, 0.717) is 6.42 Å². The Morgan fingerprint density at radius 2 is 1.81 bits per heavy atom. The van der Waals surface area contributed by atoms with Crippen LogP contribution in [-0.2, 0) is 10.0 Å². The first-order valence-electron chi connectivity index (χ1n) is 7.80. The van der Waals surface area contributed by atoms with Crippen LogP contribution in [0.3, 0.4) is 0 Å². The van der Waals surface area contributed by atoms with E-state index in [-0.39, 0.29) is 27.1 Å². The molecule has 0 saturated heterocycles. The third-order valence-electron chi connectivity index (χ3n) is 3.79. The van der Waals surface area contributed by atoms with Crippen molar-refractivity contribution in [3.8, 4) is 11.5 Å². The number of hydrogen-bond acceptors (Lipinski definition) is 5. The first-order chi connectivity index (χ1) is 12.1. The number of sulfonamides is 1. The smallest absolute Gasteiger partial charge is 0.313 e. The minimum atomic E-state index is -3.69. The van der Waals surface area contributed by atoms with E-state index >= 15 is 0 Å². The molecular weight excluding hydrogens is 380 g/mol. The average Bonchev–Trinajstić information content (AvgIpc) is 2.56. The lowest BCUT2D eigenvalue weighted by Crippen LogP contribution is -2.42. The zero-order chi connectivity index (χ0) is 19.5. The first kappa shape index (κ1) is 20.2. The van der Waals surface area contributed by atoms with Crippen molar-refractivity contribution in [1.29, 1.82) is 0 Å². The fourth-order valence-corrected chi connectivity index (χ4v) is 3.73. The van der Waals surface area contributed by atoms with Gasteiger partial charge in [0.05, 0.1) is 14.8 Å². The van der Waals surface area contributed by atoms with Crippen LogP contribution in [0.4, 0.5) is 5.69 Å². The van der Waals surface area contributed by atoms with Crippen LogP contribution in [0, 0.1) is 10.1 Å². The van der Waals surface area contributed by atoms with Crippen LogP contribution in [0.5, 0.6) is 11.5 Å². The van der Waals surface area contributed by atoms with Gasteiger partial charge in [-0.2, -0.15) is 0 Å². The van der Waals surface area contributed by atoms with Crippen molar-refractivity contribution in [3.63, 3.8) is 0 Å². The van der Waals surface area contributed by atoms with Crippen LogP contribution in [-0.4, -0.2) is 18.9 Å². The minimum Gasteiger partial charge on any atom is -0.449 e. The number of para-hydroxylation sites is 1. The van der Waals surface area contributed by atoms with Gasteiger partial charge >= 0.3 is 5.69 Å². The van der Waals surface area contributed by atoms with Crippen LogP contribution in [0.25, 0.3) is 0 Å². The van der Waals surface area contributed by atoms with Gasteiger partial charge in [-0.1, -0.05) is 24.6 Å². The summed E-state index contributed by atoms with van der Waals surface area (Å²) in [7, 11) is -3.69. The molecule has 7 nitrogen and oxygen atoms in total. The molecule has 2 aromatic carbocycles. The Bertz CT molecular complexity index is 911. The molecule has 0 spiro atoms. The summed E-state index contributed by atoms with van der Waals surface area (Å²) in [6.45, 7) is 5.47. The van der Waals surface area contributed by atoms with Crippen LogP contribution in [0.15, 0.2) is 47.4 Å². The lowest BCUT2D eigenvalue weighted by Gasteiger charge is -2.24. The summed E-state index contributed by atoms with van der Waals surface area (Å²) in [4.78, 5) is 10.6. The monoisotopic (exact) mass is 398 g/mol. The lowest BCUT2D eigenvalue weighted by molar-refractivity contribution is -0.385. The maximum Gasteiger partial charge on any atom is 0.313 e. The van der Waals surface area contributed by atoms with Crippen molar-refractivity contribution in [2.75, 3.05) is 0 Å².